The molecule has 0 saturated carbocycles. The van der Waals surface area contributed by atoms with Gasteiger partial charge in [0.1, 0.15) is 0 Å². The van der Waals surface area contributed by atoms with Gasteiger partial charge in [-0.1, -0.05) is 12.1 Å². The summed E-state index contributed by atoms with van der Waals surface area (Å²) in [5, 5.41) is 4.59. The van der Waals surface area contributed by atoms with Crippen LogP contribution in [0.2, 0.25) is 0 Å². The molecule has 2 aliphatic rings. The van der Waals surface area contributed by atoms with Crippen molar-refractivity contribution in [2.45, 2.75) is 31.6 Å². The Morgan fingerprint density at radius 1 is 1.26 bits per heavy atom. The molecule has 2 fully saturated rings. The van der Waals surface area contributed by atoms with E-state index in [9.17, 15) is 4.79 Å². The van der Waals surface area contributed by atoms with Gasteiger partial charge < -0.3 is 10.2 Å². The first-order chi connectivity index (χ1) is 11.3. The van der Waals surface area contributed by atoms with Crippen molar-refractivity contribution < 1.29 is 4.79 Å². The number of likely N-dealkylation sites (tertiary alicyclic amines) is 1. The molecule has 3 heterocycles. The Balaban J connectivity index is 1.35. The summed E-state index contributed by atoms with van der Waals surface area (Å²) < 4.78 is 1.27. The van der Waals surface area contributed by atoms with Gasteiger partial charge >= 0.3 is 0 Å². The zero-order valence-corrected chi connectivity index (χ0v) is 14.1. The summed E-state index contributed by atoms with van der Waals surface area (Å²) in [5.74, 6) is 1.41. The first kappa shape index (κ1) is 15.1. The quantitative estimate of drug-likeness (QED) is 0.941. The zero-order valence-electron chi connectivity index (χ0n) is 13.3. The van der Waals surface area contributed by atoms with E-state index in [1.54, 1.807) is 0 Å². The number of amides is 1. The number of benzene rings is 1. The lowest BCUT2D eigenvalue weighted by molar-refractivity contribution is -0.133. The highest BCUT2D eigenvalue weighted by Gasteiger charge is 2.27. The van der Waals surface area contributed by atoms with Gasteiger partial charge in [-0.3, -0.25) is 4.79 Å². The van der Waals surface area contributed by atoms with E-state index in [1.807, 2.05) is 17.4 Å². The summed E-state index contributed by atoms with van der Waals surface area (Å²) in [4.78, 5) is 19.3. The first-order valence-corrected chi connectivity index (χ1v) is 9.45. The van der Waals surface area contributed by atoms with Gasteiger partial charge in [0.15, 0.2) is 0 Å². The summed E-state index contributed by atoms with van der Waals surface area (Å²) in [7, 11) is 0. The number of hydrogen-bond donors (Lipinski definition) is 1. The molecule has 4 nitrogen and oxygen atoms in total. The molecule has 5 heteroatoms. The third-order valence-electron chi connectivity index (χ3n) is 5.13. The van der Waals surface area contributed by atoms with Crippen molar-refractivity contribution in [2.75, 3.05) is 26.2 Å². The molecule has 4 rings (SSSR count). The lowest BCUT2D eigenvalue weighted by Crippen LogP contribution is -2.38. The molecule has 1 amide bonds. The minimum Gasteiger partial charge on any atom is -0.343 e. The number of thiazole rings is 1. The van der Waals surface area contributed by atoms with Gasteiger partial charge in [-0.15, -0.1) is 11.3 Å². The van der Waals surface area contributed by atoms with E-state index in [2.05, 4.69) is 28.4 Å². The van der Waals surface area contributed by atoms with Crippen LogP contribution in [0.5, 0.6) is 0 Å². The van der Waals surface area contributed by atoms with Gasteiger partial charge in [0.05, 0.1) is 15.2 Å². The number of nitrogens with one attached hydrogen (secondary N) is 1. The highest BCUT2D eigenvalue weighted by atomic mass is 32.1. The van der Waals surface area contributed by atoms with Crippen molar-refractivity contribution in [3.05, 3.63) is 29.3 Å². The van der Waals surface area contributed by atoms with Crippen LogP contribution in [0.15, 0.2) is 24.3 Å². The predicted molar refractivity (Wildman–Crippen MR) is 93.8 cm³/mol. The molecule has 2 aliphatic heterocycles. The maximum Gasteiger partial charge on any atom is 0.222 e. The van der Waals surface area contributed by atoms with Crippen LogP contribution < -0.4 is 5.32 Å². The van der Waals surface area contributed by atoms with E-state index in [0.29, 0.717) is 17.7 Å². The molecule has 0 spiro atoms. The van der Waals surface area contributed by atoms with Crippen LogP contribution in [0.4, 0.5) is 0 Å². The third-order valence-corrected chi connectivity index (χ3v) is 6.33. The second kappa shape index (κ2) is 6.57. The van der Waals surface area contributed by atoms with E-state index < -0.39 is 0 Å². The number of carbonyl (C=O) groups is 1. The van der Waals surface area contributed by atoms with Crippen molar-refractivity contribution in [2.24, 2.45) is 5.92 Å². The molecule has 0 radical (unpaired) electrons. The molecule has 23 heavy (non-hydrogen) atoms. The Morgan fingerprint density at radius 3 is 2.83 bits per heavy atom. The van der Waals surface area contributed by atoms with E-state index >= 15 is 0 Å². The minimum absolute atomic E-state index is 0.349. The van der Waals surface area contributed by atoms with Gasteiger partial charge in [0.25, 0.3) is 0 Å². The van der Waals surface area contributed by atoms with Crippen molar-refractivity contribution in [1.29, 1.82) is 0 Å². The van der Waals surface area contributed by atoms with Crippen molar-refractivity contribution in [3.63, 3.8) is 0 Å². The lowest BCUT2D eigenvalue weighted by atomic mass is 9.96. The molecule has 0 bridgehead atoms. The molecule has 122 valence electrons. The Labute approximate surface area is 140 Å². The fraction of sp³-hybridized carbons (Fsp3) is 0.556. The smallest absolute Gasteiger partial charge is 0.222 e. The average molecular weight is 329 g/mol. The number of fused-ring (bicyclic) bond motifs is 1. The fourth-order valence-electron chi connectivity index (χ4n) is 3.71. The summed E-state index contributed by atoms with van der Waals surface area (Å²) in [5.41, 5.74) is 1.11. The number of hydrogen-bond acceptors (Lipinski definition) is 4. The van der Waals surface area contributed by atoms with E-state index in [1.165, 1.54) is 9.71 Å². The number of nitrogens with zero attached hydrogens (tertiary/aromatic N) is 2. The average Bonchev–Trinajstić information content (AvgIpc) is 3.24. The zero-order chi connectivity index (χ0) is 15.6. The van der Waals surface area contributed by atoms with Crippen LogP contribution in [0.25, 0.3) is 10.2 Å². The Hall–Kier alpha value is -1.46. The highest BCUT2D eigenvalue weighted by Crippen LogP contribution is 2.34. The van der Waals surface area contributed by atoms with Gasteiger partial charge in [-0.2, -0.15) is 0 Å². The molecule has 0 aliphatic carbocycles. The molecular formula is C18H23N3OS. The second-order valence-corrected chi connectivity index (χ2v) is 7.80. The monoisotopic (exact) mass is 329 g/mol. The predicted octanol–water partition coefficient (Wildman–Crippen LogP) is 3.00. The SMILES string of the molecule is O=C(CC1CCNC1)N1CCC(c2nc3ccccc3s2)CC1. The Morgan fingerprint density at radius 2 is 2.09 bits per heavy atom. The molecular weight excluding hydrogens is 306 g/mol. The molecule has 2 aromatic rings. The number of aromatic nitrogens is 1. The van der Waals surface area contributed by atoms with Gasteiger partial charge in [0, 0.05) is 25.4 Å². The van der Waals surface area contributed by atoms with Crippen molar-refractivity contribution >= 4 is 27.5 Å². The number of carbonyl (C=O) groups excluding carboxylic acids is 1. The summed E-state index contributed by atoms with van der Waals surface area (Å²) in [6, 6.07) is 8.35. The maximum absolute atomic E-state index is 12.4. The lowest BCUT2D eigenvalue weighted by Gasteiger charge is -2.31. The molecule has 2 saturated heterocycles. The van der Waals surface area contributed by atoms with Crippen LogP contribution in [-0.2, 0) is 4.79 Å². The van der Waals surface area contributed by atoms with E-state index in [0.717, 1.165) is 57.4 Å². The summed E-state index contributed by atoms with van der Waals surface area (Å²) in [6.45, 7) is 3.85. The Bertz CT molecular complexity index is 651. The van der Waals surface area contributed by atoms with Gasteiger partial charge in [-0.05, 0) is 50.4 Å². The topological polar surface area (TPSA) is 45.2 Å². The van der Waals surface area contributed by atoms with Gasteiger partial charge in [0.2, 0.25) is 5.91 Å². The summed E-state index contributed by atoms with van der Waals surface area (Å²) in [6.07, 6.45) is 3.97. The van der Waals surface area contributed by atoms with Crippen LogP contribution >= 0.6 is 11.3 Å². The second-order valence-electron chi connectivity index (χ2n) is 6.74. The van der Waals surface area contributed by atoms with Crippen LogP contribution in [0.3, 0.4) is 0 Å². The normalized spacial score (nSPS) is 22.8. The van der Waals surface area contributed by atoms with Gasteiger partial charge in [-0.25, -0.2) is 4.98 Å². The van der Waals surface area contributed by atoms with Crippen LogP contribution in [-0.4, -0.2) is 42.0 Å². The van der Waals surface area contributed by atoms with Crippen molar-refractivity contribution in [1.82, 2.24) is 15.2 Å². The maximum atomic E-state index is 12.4. The van der Waals surface area contributed by atoms with Crippen LogP contribution in [0.1, 0.15) is 36.6 Å². The first-order valence-electron chi connectivity index (χ1n) is 8.63. The molecule has 1 unspecified atom stereocenters. The molecule has 1 atom stereocenters. The number of rotatable bonds is 3. The fourth-order valence-corrected chi connectivity index (χ4v) is 4.84. The third kappa shape index (κ3) is 3.26. The minimum atomic E-state index is 0.349. The molecule has 1 aromatic carbocycles. The van der Waals surface area contributed by atoms with E-state index in [4.69, 9.17) is 4.98 Å². The number of piperidine rings is 1. The Kier molecular flexibility index (Phi) is 4.31. The molecule has 1 N–H and O–H groups in total. The largest absolute Gasteiger partial charge is 0.343 e. The molecule has 1 aromatic heterocycles. The highest BCUT2D eigenvalue weighted by molar-refractivity contribution is 7.18. The summed E-state index contributed by atoms with van der Waals surface area (Å²) >= 11 is 1.82. The van der Waals surface area contributed by atoms with E-state index in [-0.39, 0.29) is 0 Å². The van der Waals surface area contributed by atoms with Crippen molar-refractivity contribution in [3.8, 4) is 0 Å². The number of para-hydroxylation sites is 1. The van der Waals surface area contributed by atoms with Crippen LogP contribution in [0, 0.1) is 5.92 Å². The standard InChI is InChI=1S/C18H23N3OS/c22-17(11-13-5-8-19-12-13)21-9-6-14(7-10-21)18-20-15-3-1-2-4-16(15)23-18/h1-4,13-14,19H,5-12H2.